The molecule has 3 heteroatoms. The molecule has 10 heavy (non-hydrogen) atoms. The Balaban J connectivity index is 3.51. The van der Waals surface area contributed by atoms with Gasteiger partial charge in [0.1, 0.15) is 6.10 Å². The molecule has 0 rings (SSSR count). The van der Waals surface area contributed by atoms with Gasteiger partial charge in [-0.15, -0.1) is 6.58 Å². The highest BCUT2D eigenvalue weighted by Gasteiger charge is 2.08. The number of amides is 1. The Kier molecular flexibility index (Phi) is 4.58. The molecule has 0 bridgehead atoms. The molecule has 0 aliphatic rings. The van der Waals surface area contributed by atoms with Crippen LogP contribution in [0.15, 0.2) is 12.7 Å². The predicted molar refractivity (Wildman–Crippen MR) is 39.7 cm³/mol. The summed E-state index contributed by atoms with van der Waals surface area (Å²) in [7, 11) is 1.50. The van der Waals surface area contributed by atoms with E-state index in [2.05, 4.69) is 11.9 Å². The van der Waals surface area contributed by atoms with Gasteiger partial charge in [0, 0.05) is 13.7 Å². The number of ether oxygens (including phenoxy) is 1. The highest BCUT2D eigenvalue weighted by molar-refractivity contribution is 5.80. The van der Waals surface area contributed by atoms with Crippen molar-refractivity contribution in [3.8, 4) is 0 Å². The van der Waals surface area contributed by atoms with E-state index in [0.717, 1.165) is 0 Å². The zero-order chi connectivity index (χ0) is 7.98. The zero-order valence-electron chi connectivity index (χ0n) is 6.39. The van der Waals surface area contributed by atoms with Crippen molar-refractivity contribution in [1.82, 2.24) is 5.32 Å². The van der Waals surface area contributed by atoms with Crippen LogP contribution in [-0.2, 0) is 9.53 Å². The largest absolute Gasteiger partial charge is 0.372 e. The molecule has 1 N–H and O–H groups in total. The van der Waals surface area contributed by atoms with Crippen LogP contribution in [0.5, 0.6) is 0 Å². The molecule has 0 aliphatic heterocycles. The lowest BCUT2D eigenvalue weighted by Gasteiger charge is -2.07. The molecule has 0 aromatic carbocycles. The molecule has 0 aromatic heterocycles. The van der Waals surface area contributed by atoms with Crippen LogP contribution in [0, 0.1) is 0 Å². The molecule has 0 fully saturated rings. The van der Waals surface area contributed by atoms with Crippen molar-refractivity contribution in [2.45, 2.75) is 13.0 Å². The number of carbonyl (C=O) groups excluding carboxylic acids is 1. The second kappa shape index (κ2) is 4.99. The van der Waals surface area contributed by atoms with Gasteiger partial charge >= 0.3 is 0 Å². The van der Waals surface area contributed by atoms with Crippen molar-refractivity contribution in [2.75, 3.05) is 13.7 Å². The third kappa shape index (κ3) is 3.25. The SMILES string of the molecule is C=CCNC(=O)C(C)OC. The van der Waals surface area contributed by atoms with Crippen molar-refractivity contribution in [1.29, 1.82) is 0 Å². The molecule has 1 atom stereocenters. The van der Waals surface area contributed by atoms with Crippen LogP contribution in [-0.4, -0.2) is 25.7 Å². The number of hydrogen-bond acceptors (Lipinski definition) is 2. The Morgan fingerprint density at radius 3 is 2.90 bits per heavy atom. The summed E-state index contributed by atoms with van der Waals surface area (Å²) in [5.41, 5.74) is 0. The van der Waals surface area contributed by atoms with E-state index in [4.69, 9.17) is 4.74 Å². The first kappa shape index (κ1) is 9.17. The van der Waals surface area contributed by atoms with Gasteiger partial charge in [-0.2, -0.15) is 0 Å². The third-order valence-electron chi connectivity index (χ3n) is 1.14. The van der Waals surface area contributed by atoms with E-state index in [1.165, 1.54) is 7.11 Å². The van der Waals surface area contributed by atoms with Crippen LogP contribution in [0.4, 0.5) is 0 Å². The van der Waals surface area contributed by atoms with Crippen molar-refractivity contribution in [3.63, 3.8) is 0 Å². The second-order valence-electron chi connectivity index (χ2n) is 1.91. The van der Waals surface area contributed by atoms with Gasteiger partial charge < -0.3 is 10.1 Å². The fourth-order valence-electron chi connectivity index (χ4n) is 0.424. The van der Waals surface area contributed by atoms with E-state index in [1.807, 2.05) is 0 Å². The van der Waals surface area contributed by atoms with E-state index < -0.39 is 0 Å². The number of rotatable bonds is 4. The standard InChI is InChI=1S/C7H13NO2/c1-4-5-8-7(9)6(2)10-3/h4,6H,1,5H2,2-3H3,(H,8,9). The Labute approximate surface area is 61.1 Å². The molecule has 58 valence electrons. The molecule has 0 radical (unpaired) electrons. The van der Waals surface area contributed by atoms with Crippen molar-refractivity contribution in [3.05, 3.63) is 12.7 Å². The van der Waals surface area contributed by atoms with Crippen LogP contribution in [0.3, 0.4) is 0 Å². The maximum atomic E-state index is 10.8. The van der Waals surface area contributed by atoms with Gasteiger partial charge in [0.25, 0.3) is 0 Å². The van der Waals surface area contributed by atoms with Crippen molar-refractivity contribution >= 4 is 5.91 Å². The molecule has 0 aromatic rings. The first-order chi connectivity index (χ1) is 4.72. The van der Waals surface area contributed by atoms with E-state index >= 15 is 0 Å². The van der Waals surface area contributed by atoms with Crippen LogP contribution >= 0.6 is 0 Å². The number of carbonyl (C=O) groups is 1. The molecule has 0 saturated heterocycles. The van der Waals surface area contributed by atoms with Gasteiger partial charge in [-0.3, -0.25) is 4.79 Å². The van der Waals surface area contributed by atoms with Crippen LogP contribution < -0.4 is 5.32 Å². The first-order valence-electron chi connectivity index (χ1n) is 3.13. The average molecular weight is 143 g/mol. The van der Waals surface area contributed by atoms with E-state index in [-0.39, 0.29) is 12.0 Å². The van der Waals surface area contributed by atoms with Gasteiger partial charge in [-0.25, -0.2) is 0 Å². The lowest BCUT2D eigenvalue weighted by Crippen LogP contribution is -2.33. The van der Waals surface area contributed by atoms with E-state index in [1.54, 1.807) is 13.0 Å². The number of nitrogens with one attached hydrogen (secondary N) is 1. The highest BCUT2D eigenvalue weighted by Crippen LogP contribution is 1.85. The summed E-state index contributed by atoms with van der Waals surface area (Å²) in [6.45, 7) is 5.65. The Bertz CT molecular complexity index is 123. The summed E-state index contributed by atoms with van der Waals surface area (Å²) in [6.07, 6.45) is 1.25. The van der Waals surface area contributed by atoms with Crippen molar-refractivity contribution < 1.29 is 9.53 Å². The summed E-state index contributed by atoms with van der Waals surface area (Å²) < 4.78 is 4.76. The third-order valence-corrected chi connectivity index (χ3v) is 1.14. The normalized spacial score (nSPS) is 12.2. The Hall–Kier alpha value is -0.830. The molecule has 0 saturated carbocycles. The maximum absolute atomic E-state index is 10.8. The maximum Gasteiger partial charge on any atom is 0.249 e. The summed E-state index contributed by atoms with van der Waals surface area (Å²) >= 11 is 0. The lowest BCUT2D eigenvalue weighted by molar-refractivity contribution is -0.129. The minimum absolute atomic E-state index is 0.109. The summed E-state index contributed by atoms with van der Waals surface area (Å²) in [4.78, 5) is 10.8. The minimum atomic E-state index is -0.375. The topological polar surface area (TPSA) is 38.3 Å². The predicted octanol–water partition coefficient (Wildman–Crippen LogP) is 0.323. The highest BCUT2D eigenvalue weighted by atomic mass is 16.5. The summed E-state index contributed by atoms with van der Waals surface area (Å²) in [6, 6.07) is 0. The molecule has 1 unspecified atom stereocenters. The van der Waals surface area contributed by atoms with Gasteiger partial charge in [0.2, 0.25) is 5.91 Å². The Morgan fingerprint density at radius 1 is 1.90 bits per heavy atom. The van der Waals surface area contributed by atoms with Gasteiger partial charge in [0.15, 0.2) is 0 Å². The molecule has 3 nitrogen and oxygen atoms in total. The smallest absolute Gasteiger partial charge is 0.249 e. The summed E-state index contributed by atoms with van der Waals surface area (Å²) in [5.74, 6) is -0.109. The average Bonchev–Trinajstić information content (AvgIpc) is 1.98. The number of methoxy groups -OCH3 is 1. The first-order valence-corrected chi connectivity index (χ1v) is 3.13. The fraction of sp³-hybridized carbons (Fsp3) is 0.571. The van der Waals surface area contributed by atoms with Crippen LogP contribution in [0.1, 0.15) is 6.92 Å². The van der Waals surface area contributed by atoms with Crippen LogP contribution in [0.25, 0.3) is 0 Å². The van der Waals surface area contributed by atoms with Crippen LogP contribution in [0.2, 0.25) is 0 Å². The molecule has 0 aliphatic carbocycles. The quantitative estimate of drug-likeness (QED) is 0.576. The molecule has 0 spiro atoms. The van der Waals surface area contributed by atoms with E-state index in [0.29, 0.717) is 6.54 Å². The Morgan fingerprint density at radius 2 is 2.50 bits per heavy atom. The summed E-state index contributed by atoms with van der Waals surface area (Å²) in [5, 5.41) is 2.60. The molecule has 0 heterocycles. The van der Waals surface area contributed by atoms with Gasteiger partial charge in [0.05, 0.1) is 0 Å². The number of hydrogen-bond donors (Lipinski definition) is 1. The molecular formula is C7H13NO2. The fourth-order valence-corrected chi connectivity index (χ4v) is 0.424. The van der Waals surface area contributed by atoms with Crippen molar-refractivity contribution in [2.24, 2.45) is 0 Å². The molecular weight excluding hydrogens is 130 g/mol. The lowest BCUT2D eigenvalue weighted by atomic mass is 10.4. The van der Waals surface area contributed by atoms with Gasteiger partial charge in [-0.1, -0.05) is 6.08 Å². The minimum Gasteiger partial charge on any atom is -0.372 e. The monoisotopic (exact) mass is 143 g/mol. The van der Waals surface area contributed by atoms with Gasteiger partial charge in [-0.05, 0) is 6.92 Å². The van der Waals surface area contributed by atoms with E-state index in [9.17, 15) is 4.79 Å². The zero-order valence-corrected chi connectivity index (χ0v) is 6.39. The molecule has 1 amide bonds. The second-order valence-corrected chi connectivity index (χ2v) is 1.91.